The number of nitrogens with one attached hydrogen (secondary N) is 1. The standard InChI is InChI=1S/C27H33N7O2/c1-19-8-7-10-23-24(19)34(27(30-23)31-25(35)21-11-12-28-29-16-21)22-9-3-4-15-33(18-22)26(36)20(2)17-32-13-5-6-14-32/h7-8,10-12,16,22H,2-6,9,13-15,17-18H2,1H3,(H,30,31,35). The third-order valence-electron chi connectivity index (χ3n) is 7.20. The number of likely N-dealkylation sites (tertiary alicyclic amines) is 2. The smallest absolute Gasteiger partial charge is 0.259 e. The highest BCUT2D eigenvalue weighted by Gasteiger charge is 2.29. The van der Waals surface area contributed by atoms with Crippen LogP contribution in [0.25, 0.3) is 11.0 Å². The quantitative estimate of drug-likeness (QED) is 0.534. The Morgan fingerprint density at radius 3 is 2.67 bits per heavy atom. The number of hydrogen-bond donors (Lipinski definition) is 1. The second-order valence-corrected chi connectivity index (χ2v) is 9.82. The Kier molecular flexibility index (Phi) is 7.09. The number of para-hydroxylation sites is 1. The summed E-state index contributed by atoms with van der Waals surface area (Å²) < 4.78 is 2.12. The molecule has 0 spiro atoms. The third kappa shape index (κ3) is 5.02. The van der Waals surface area contributed by atoms with Gasteiger partial charge >= 0.3 is 0 Å². The van der Waals surface area contributed by atoms with Crippen LogP contribution in [0.1, 0.15) is 54.1 Å². The molecule has 4 heterocycles. The van der Waals surface area contributed by atoms with Gasteiger partial charge in [-0.25, -0.2) is 4.98 Å². The summed E-state index contributed by atoms with van der Waals surface area (Å²) in [5.41, 5.74) is 3.94. The van der Waals surface area contributed by atoms with Crippen LogP contribution >= 0.6 is 0 Å². The molecule has 188 valence electrons. The molecule has 1 aromatic carbocycles. The van der Waals surface area contributed by atoms with Crippen LogP contribution in [0, 0.1) is 6.92 Å². The number of anilines is 1. The van der Waals surface area contributed by atoms with Crippen molar-refractivity contribution in [2.24, 2.45) is 0 Å². The van der Waals surface area contributed by atoms with Gasteiger partial charge in [-0.1, -0.05) is 18.7 Å². The summed E-state index contributed by atoms with van der Waals surface area (Å²) in [6.07, 6.45) is 8.11. The molecule has 0 bridgehead atoms. The van der Waals surface area contributed by atoms with Crippen LogP contribution in [0.5, 0.6) is 0 Å². The van der Waals surface area contributed by atoms with Crippen LogP contribution in [0.15, 0.2) is 48.8 Å². The van der Waals surface area contributed by atoms with Crippen molar-refractivity contribution in [2.75, 3.05) is 38.0 Å². The first-order valence-electron chi connectivity index (χ1n) is 12.8. The van der Waals surface area contributed by atoms with Crippen molar-refractivity contribution >= 4 is 28.8 Å². The van der Waals surface area contributed by atoms with E-state index >= 15 is 0 Å². The Hall–Kier alpha value is -3.59. The molecule has 36 heavy (non-hydrogen) atoms. The van der Waals surface area contributed by atoms with Gasteiger partial charge in [-0.05, 0) is 69.8 Å². The van der Waals surface area contributed by atoms with Gasteiger partial charge in [-0.2, -0.15) is 10.2 Å². The number of carbonyl (C=O) groups is 2. The van der Waals surface area contributed by atoms with E-state index in [1.54, 1.807) is 6.07 Å². The fourth-order valence-electron chi connectivity index (χ4n) is 5.38. The zero-order chi connectivity index (χ0) is 25.1. The predicted octanol–water partition coefficient (Wildman–Crippen LogP) is 3.59. The van der Waals surface area contributed by atoms with Gasteiger partial charge in [0.15, 0.2) is 0 Å². The minimum atomic E-state index is -0.292. The average molecular weight is 488 g/mol. The van der Waals surface area contributed by atoms with Crippen molar-refractivity contribution in [1.29, 1.82) is 0 Å². The van der Waals surface area contributed by atoms with E-state index in [0.717, 1.165) is 48.9 Å². The Balaban J connectivity index is 1.44. The lowest BCUT2D eigenvalue weighted by Crippen LogP contribution is -2.38. The van der Waals surface area contributed by atoms with Crippen molar-refractivity contribution in [2.45, 2.75) is 45.1 Å². The minimum absolute atomic E-state index is 0.0204. The summed E-state index contributed by atoms with van der Waals surface area (Å²) in [5.74, 6) is 0.222. The highest BCUT2D eigenvalue weighted by molar-refractivity contribution is 6.04. The maximum atomic E-state index is 13.4. The summed E-state index contributed by atoms with van der Waals surface area (Å²) in [6, 6.07) is 7.58. The molecule has 1 atom stereocenters. The van der Waals surface area contributed by atoms with Gasteiger partial charge in [-0.3, -0.25) is 19.8 Å². The van der Waals surface area contributed by atoms with Gasteiger partial charge in [0.05, 0.1) is 35.0 Å². The third-order valence-corrected chi connectivity index (χ3v) is 7.20. The molecule has 9 nitrogen and oxygen atoms in total. The number of carbonyl (C=O) groups excluding carboxylic acids is 2. The molecular formula is C27H33N7O2. The van der Waals surface area contributed by atoms with Crippen LogP contribution in [0.3, 0.4) is 0 Å². The Morgan fingerprint density at radius 2 is 1.89 bits per heavy atom. The molecule has 0 saturated carbocycles. The Morgan fingerprint density at radius 1 is 1.08 bits per heavy atom. The van der Waals surface area contributed by atoms with Crippen molar-refractivity contribution in [3.63, 3.8) is 0 Å². The molecule has 2 aromatic heterocycles. The van der Waals surface area contributed by atoms with E-state index in [9.17, 15) is 9.59 Å². The summed E-state index contributed by atoms with van der Waals surface area (Å²) in [6.45, 7) is 10.2. The van der Waals surface area contributed by atoms with E-state index in [2.05, 4.69) is 44.6 Å². The van der Waals surface area contributed by atoms with E-state index < -0.39 is 0 Å². The lowest BCUT2D eigenvalue weighted by atomic mass is 10.1. The first kappa shape index (κ1) is 24.1. The number of rotatable bonds is 6. The zero-order valence-electron chi connectivity index (χ0n) is 20.8. The number of amides is 2. The molecule has 0 radical (unpaired) electrons. The number of benzene rings is 1. The number of fused-ring (bicyclic) bond motifs is 1. The molecule has 1 N–H and O–H groups in total. The van der Waals surface area contributed by atoms with Crippen molar-refractivity contribution < 1.29 is 9.59 Å². The van der Waals surface area contributed by atoms with E-state index in [-0.39, 0.29) is 17.9 Å². The molecule has 0 aliphatic carbocycles. The maximum absolute atomic E-state index is 13.4. The van der Waals surface area contributed by atoms with Crippen molar-refractivity contribution in [3.05, 3.63) is 59.9 Å². The van der Waals surface area contributed by atoms with Crippen LogP contribution in [0.4, 0.5) is 5.95 Å². The van der Waals surface area contributed by atoms with Gasteiger partial charge < -0.3 is 9.47 Å². The molecule has 9 heteroatoms. The number of imidazole rings is 1. The number of hydrogen-bond acceptors (Lipinski definition) is 6. The molecule has 5 rings (SSSR count). The topological polar surface area (TPSA) is 96.2 Å². The maximum Gasteiger partial charge on any atom is 0.259 e. The van der Waals surface area contributed by atoms with E-state index in [0.29, 0.717) is 36.7 Å². The highest BCUT2D eigenvalue weighted by atomic mass is 16.2. The van der Waals surface area contributed by atoms with Crippen molar-refractivity contribution in [1.82, 2.24) is 29.5 Å². The van der Waals surface area contributed by atoms with E-state index in [4.69, 9.17) is 4.98 Å². The number of nitrogens with zero attached hydrogens (tertiary/aromatic N) is 6. The fraction of sp³-hybridized carbons (Fsp3) is 0.444. The first-order valence-corrected chi connectivity index (χ1v) is 12.8. The van der Waals surface area contributed by atoms with Gasteiger partial charge in [0.2, 0.25) is 5.95 Å². The molecule has 3 aromatic rings. The SMILES string of the molecule is C=C(CN1CCCC1)C(=O)N1CCCCC(n2c(NC(=O)c3ccnnc3)nc3cccc(C)c32)C1. The van der Waals surface area contributed by atoms with E-state index in [1.807, 2.05) is 17.0 Å². The summed E-state index contributed by atoms with van der Waals surface area (Å²) in [5, 5.41) is 10.6. The summed E-state index contributed by atoms with van der Waals surface area (Å²) >= 11 is 0. The second kappa shape index (κ2) is 10.6. The highest BCUT2D eigenvalue weighted by Crippen LogP contribution is 2.32. The first-order chi connectivity index (χ1) is 17.5. The Bertz CT molecular complexity index is 1260. The minimum Gasteiger partial charge on any atom is -0.337 e. The molecule has 1 unspecified atom stereocenters. The average Bonchev–Trinajstić information content (AvgIpc) is 3.45. The molecule has 2 amide bonds. The predicted molar refractivity (Wildman–Crippen MR) is 139 cm³/mol. The number of aromatic nitrogens is 4. The van der Waals surface area contributed by atoms with Gasteiger partial charge in [0.25, 0.3) is 11.8 Å². The van der Waals surface area contributed by atoms with Crippen LogP contribution in [0.2, 0.25) is 0 Å². The largest absolute Gasteiger partial charge is 0.337 e. The summed E-state index contributed by atoms with van der Waals surface area (Å²) in [7, 11) is 0. The zero-order valence-corrected chi connectivity index (χ0v) is 20.8. The van der Waals surface area contributed by atoms with Gasteiger partial charge in [0, 0.05) is 25.2 Å². The number of aryl methyl sites for hydroxylation is 1. The lowest BCUT2D eigenvalue weighted by Gasteiger charge is -2.28. The fourth-order valence-corrected chi connectivity index (χ4v) is 5.38. The normalized spacial score (nSPS) is 18.8. The van der Waals surface area contributed by atoms with Gasteiger partial charge in [0.1, 0.15) is 0 Å². The van der Waals surface area contributed by atoms with Crippen LogP contribution in [-0.4, -0.2) is 74.1 Å². The van der Waals surface area contributed by atoms with Crippen molar-refractivity contribution in [3.8, 4) is 0 Å². The molecule has 2 aliphatic heterocycles. The van der Waals surface area contributed by atoms with Crippen LogP contribution < -0.4 is 5.32 Å². The van der Waals surface area contributed by atoms with E-state index in [1.165, 1.54) is 25.2 Å². The molecule has 2 saturated heterocycles. The van der Waals surface area contributed by atoms with Crippen LogP contribution in [-0.2, 0) is 4.79 Å². The lowest BCUT2D eigenvalue weighted by molar-refractivity contribution is -0.127. The molecule has 2 aliphatic rings. The summed E-state index contributed by atoms with van der Waals surface area (Å²) in [4.78, 5) is 35.5. The van der Waals surface area contributed by atoms with Gasteiger partial charge in [-0.15, -0.1) is 0 Å². The second-order valence-electron chi connectivity index (χ2n) is 9.82. The Labute approximate surface area is 211 Å². The molecule has 2 fully saturated rings. The molecular weight excluding hydrogens is 454 g/mol. The monoisotopic (exact) mass is 487 g/mol.